The maximum atomic E-state index is 5.62. The minimum Gasteiger partial charge on any atom is -0.330 e. The Morgan fingerprint density at radius 3 is 2.25 bits per heavy atom. The first-order valence-electron chi connectivity index (χ1n) is 7.25. The van der Waals surface area contributed by atoms with Crippen LogP contribution in [0.1, 0.15) is 58.8 Å². The SMILES string of the molecule is CCCN(CCCN)C1CCC(CC)CC1. The molecular formula is C14H30N2. The largest absolute Gasteiger partial charge is 0.330 e. The van der Waals surface area contributed by atoms with Gasteiger partial charge in [-0.3, -0.25) is 0 Å². The van der Waals surface area contributed by atoms with Gasteiger partial charge >= 0.3 is 0 Å². The van der Waals surface area contributed by atoms with E-state index in [0.29, 0.717) is 0 Å². The Labute approximate surface area is 102 Å². The molecule has 1 aliphatic carbocycles. The fourth-order valence-corrected chi connectivity index (χ4v) is 2.98. The molecule has 2 nitrogen and oxygen atoms in total. The van der Waals surface area contributed by atoms with Crippen LogP contribution in [0.2, 0.25) is 0 Å². The summed E-state index contributed by atoms with van der Waals surface area (Å²) in [4.78, 5) is 2.69. The second-order valence-electron chi connectivity index (χ2n) is 5.26. The van der Waals surface area contributed by atoms with Gasteiger partial charge in [-0.2, -0.15) is 0 Å². The van der Waals surface area contributed by atoms with E-state index < -0.39 is 0 Å². The quantitative estimate of drug-likeness (QED) is 0.723. The van der Waals surface area contributed by atoms with Crippen LogP contribution in [0.25, 0.3) is 0 Å². The molecule has 2 N–H and O–H groups in total. The second-order valence-corrected chi connectivity index (χ2v) is 5.26. The van der Waals surface area contributed by atoms with E-state index in [2.05, 4.69) is 18.7 Å². The molecule has 96 valence electrons. The van der Waals surface area contributed by atoms with Gasteiger partial charge in [0, 0.05) is 6.04 Å². The summed E-state index contributed by atoms with van der Waals surface area (Å²) in [5.41, 5.74) is 5.62. The number of nitrogens with two attached hydrogens (primary N) is 1. The normalized spacial score (nSPS) is 26.2. The van der Waals surface area contributed by atoms with E-state index in [9.17, 15) is 0 Å². The summed E-state index contributed by atoms with van der Waals surface area (Å²) in [6.45, 7) is 7.94. The van der Waals surface area contributed by atoms with E-state index in [4.69, 9.17) is 5.73 Å². The molecule has 0 atom stereocenters. The third kappa shape index (κ3) is 4.42. The fraction of sp³-hybridized carbons (Fsp3) is 1.00. The van der Waals surface area contributed by atoms with Gasteiger partial charge in [-0.15, -0.1) is 0 Å². The molecule has 0 radical (unpaired) electrons. The lowest BCUT2D eigenvalue weighted by Gasteiger charge is -2.36. The molecule has 16 heavy (non-hydrogen) atoms. The minimum atomic E-state index is 0.838. The van der Waals surface area contributed by atoms with Crippen molar-refractivity contribution in [3.8, 4) is 0 Å². The lowest BCUT2D eigenvalue weighted by atomic mass is 9.84. The zero-order chi connectivity index (χ0) is 11.8. The first-order valence-corrected chi connectivity index (χ1v) is 7.25. The molecule has 0 bridgehead atoms. The van der Waals surface area contributed by atoms with Crippen LogP contribution in [0, 0.1) is 5.92 Å². The van der Waals surface area contributed by atoms with E-state index in [0.717, 1.165) is 24.9 Å². The summed E-state index contributed by atoms with van der Waals surface area (Å²) in [5, 5.41) is 0. The van der Waals surface area contributed by atoms with Crippen molar-refractivity contribution in [2.75, 3.05) is 19.6 Å². The van der Waals surface area contributed by atoms with Crippen molar-refractivity contribution in [1.82, 2.24) is 4.90 Å². The van der Waals surface area contributed by atoms with Gasteiger partial charge in [-0.25, -0.2) is 0 Å². The molecule has 0 amide bonds. The molecule has 0 saturated heterocycles. The van der Waals surface area contributed by atoms with Crippen LogP contribution in [0.3, 0.4) is 0 Å². The van der Waals surface area contributed by atoms with Gasteiger partial charge in [-0.1, -0.05) is 20.3 Å². The average Bonchev–Trinajstić information content (AvgIpc) is 2.35. The third-order valence-electron chi connectivity index (χ3n) is 4.07. The smallest absolute Gasteiger partial charge is 0.00954 e. The van der Waals surface area contributed by atoms with Crippen LogP contribution in [-0.2, 0) is 0 Å². The maximum absolute atomic E-state index is 5.62. The number of hydrogen-bond donors (Lipinski definition) is 1. The number of rotatable bonds is 7. The van der Waals surface area contributed by atoms with Crippen LogP contribution in [0.4, 0.5) is 0 Å². The van der Waals surface area contributed by atoms with Gasteiger partial charge in [0.1, 0.15) is 0 Å². The van der Waals surface area contributed by atoms with E-state index >= 15 is 0 Å². The van der Waals surface area contributed by atoms with Crippen molar-refractivity contribution < 1.29 is 0 Å². The number of nitrogens with zero attached hydrogens (tertiary/aromatic N) is 1. The molecule has 1 rings (SSSR count). The Hall–Kier alpha value is -0.0800. The van der Waals surface area contributed by atoms with E-state index in [1.807, 2.05) is 0 Å². The lowest BCUT2D eigenvalue weighted by Crippen LogP contribution is -2.39. The monoisotopic (exact) mass is 226 g/mol. The molecule has 1 saturated carbocycles. The zero-order valence-corrected chi connectivity index (χ0v) is 11.3. The van der Waals surface area contributed by atoms with Crippen molar-refractivity contribution in [1.29, 1.82) is 0 Å². The highest BCUT2D eigenvalue weighted by Gasteiger charge is 2.24. The molecule has 0 aromatic carbocycles. The third-order valence-corrected chi connectivity index (χ3v) is 4.07. The highest BCUT2D eigenvalue weighted by Crippen LogP contribution is 2.29. The van der Waals surface area contributed by atoms with Crippen LogP contribution < -0.4 is 5.73 Å². The summed E-state index contributed by atoms with van der Waals surface area (Å²) >= 11 is 0. The first kappa shape index (κ1) is 14.0. The van der Waals surface area contributed by atoms with Crippen molar-refractivity contribution in [3.63, 3.8) is 0 Å². The van der Waals surface area contributed by atoms with Crippen LogP contribution >= 0.6 is 0 Å². The molecular weight excluding hydrogens is 196 g/mol. The molecule has 0 heterocycles. The Balaban J connectivity index is 2.33. The minimum absolute atomic E-state index is 0.838. The average molecular weight is 226 g/mol. The van der Waals surface area contributed by atoms with E-state index in [1.165, 1.54) is 51.6 Å². The Kier molecular flexibility index (Phi) is 7.06. The first-order chi connectivity index (χ1) is 7.81. The molecule has 0 spiro atoms. The van der Waals surface area contributed by atoms with Gasteiger partial charge in [0.15, 0.2) is 0 Å². The Morgan fingerprint density at radius 2 is 1.75 bits per heavy atom. The highest BCUT2D eigenvalue weighted by molar-refractivity contribution is 4.79. The van der Waals surface area contributed by atoms with Crippen molar-refractivity contribution >= 4 is 0 Å². The summed E-state index contributed by atoms with van der Waals surface area (Å²) in [6, 6.07) is 0.856. The van der Waals surface area contributed by atoms with Crippen molar-refractivity contribution in [3.05, 3.63) is 0 Å². The summed E-state index contributed by atoms with van der Waals surface area (Å²) < 4.78 is 0. The van der Waals surface area contributed by atoms with Crippen LogP contribution in [-0.4, -0.2) is 30.6 Å². The van der Waals surface area contributed by atoms with E-state index in [1.54, 1.807) is 0 Å². The molecule has 0 aromatic rings. The van der Waals surface area contributed by atoms with Crippen LogP contribution in [0.5, 0.6) is 0 Å². The summed E-state index contributed by atoms with van der Waals surface area (Å²) in [5.74, 6) is 1.01. The molecule has 0 aliphatic heterocycles. The summed E-state index contributed by atoms with van der Waals surface area (Å²) in [7, 11) is 0. The highest BCUT2D eigenvalue weighted by atomic mass is 15.1. The predicted octanol–water partition coefficient (Wildman–Crippen LogP) is 3.02. The maximum Gasteiger partial charge on any atom is 0.00954 e. The topological polar surface area (TPSA) is 29.3 Å². The molecule has 1 fully saturated rings. The van der Waals surface area contributed by atoms with Gasteiger partial charge in [-0.05, 0) is 64.1 Å². The Bertz CT molecular complexity index is 162. The zero-order valence-electron chi connectivity index (χ0n) is 11.3. The predicted molar refractivity (Wildman–Crippen MR) is 71.6 cm³/mol. The summed E-state index contributed by atoms with van der Waals surface area (Å²) in [6.07, 6.45) is 9.55. The molecule has 0 aromatic heterocycles. The lowest BCUT2D eigenvalue weighted by molar-refractivity contribution is 0.134. The number of hydrogen-bond acceptors (Lipinski definition) is 2. The van der Waals surface area contributed by atoms with E-state index in [-0.39, 0.29) is 0 Å². The second kappa shape index (κ2) is 8.08. The van der Waals surface area contributed by atoms with Gasteiger partial charge < -0.3 is 10.6 Å². The molecule has 1 aliphatic rings. The van der Waals surface area contributed by atoms with Gasteiger partial charge in [0.25, 0.3) is 0 Å². The molecule has 2 heteroatoms. The van der Waals surface area contributed by atoms with Gasteiger partial charge in [0.2, 0.25) is 0 Å². The van der Waals surface area contributed by atoms with Gasteiger partial charge in [0.05, 0.1) is 0 Å². The standard InChI is InChI=1S/C14H30N2/c1-3-11-16(12-5-10-15)14-8-6-13(4-2)7-9-14/h13-14H,3-12,15H2,1-2H3. The Morgan fingerprint density at radius 1 is 1.06 bits per heavy atom. The van der Waals surface area contributed by atoms with Crippen LogP contribution in [0.15, 0.2) is 0 Å². The van der Waals surface area contributed by atoms with Crippen molar-refractivity contribution in [2.45, 2.75) is 64.8 Å². The van der Waals surface area contributed by atoms with Crippen molar-refractivity contribution in [2.24, 2.45) is 11.7 Å². The fourth-order valence-electron chi connectivity index (χ4n) is 2.98. The molecule has 0 unspecified atom stereocenters.